The summed E-state index contributed by atoms with van der Waals surface area (Å²) in [7, 11) is 0. The summed E-state index contributed by atoms with van der Waals surface area (Å²) >= 11 is 1.69. The summed E-state index contributed by atoms with van der Waals surface area (Å²) in [4.78, 5) is 0. The van der Waals surface area contributed by atoms with Gasteiger partial charge in [-0.15, -0.1) is 10.2 Å². The van der Waals surface area contributed by atoms with E-state index in [0.29, 0.717) is 5.25 Å². The maximum atomic E-state index is 6.07. The normalized spacial score (nSPS) is 22.0. The first kappa shape index (κ1) is 13.7. The predicted molar refractivity (Wildman–Crippen MR) is 72.9 cm³/mol. The van der Waals surface area contributed by atoms with Gasteiger partial charge in [-0.05, 0) is 25.7 Å². The smallest absolute Gasteiger partial charge is 0.210 e. The Labute approximate surface area is 112 Å². The van der Waals surface area contributed by atoms with Crippen LogP contribution >= 0.6 is 11.8 Å². The second-order valence-corrected chi connectivity index (χ2v) is 6.19. The first-order valence-corrected chi connectivity index (χ1v) is 7.59. The number of nitrogens with zero attached hydrogens (tertiary/aromatic N) is 3. The van der Waals surface area contributed by atoms with Gasteiger partial charge in [0.25, 0.3) is 0 Å². The van der Waals surface area contributed by atoms with E-state index >= 15 is 0 Å². The Morgan fingerprint density at radius 2 is 2.33 bits per heavy atom. The van der Waals surface area contributed by atoms with Crippen molar-refractivity contribution in [1.29, 1.82) is 0 Å². The van der Waals surface area contributed by atoms with E-state index in [9.17, 15) is 0 Å². The molecule has 1 fully saturated rings. The Hall–Kier alpha value is -0.750. The monoisotopic (exact) mass is 270 g/mol. The summed E-state index contributed by atoms with van der Waals surface area (Å²) in [5, 5.41) is 9.69. The second kappa shape index (κ2) is 6.43. The molecule has 0 amide bonds. The minimum absolute atomic E-state index is 0.0204. The topological polar surface area (TPSA) is 66.0 Å². The molecule has 1 aliphatic heterocycles. The third kappa shape index (κ3) is 3.17. The zero-order valence-electron chi connectivity index (χ0n) is 11.1. The summed E-state index contributed by atoms with van der Waals surface area (Å²) in [6.45, 7) is 5.18. The molecule has 0 unspecified atom stereocenters. The average Bonchev–Trinajstić information content (AvgIpc) is 2.72. The molecule has 0 radical (unpaired) electrons. The van der Waals surface area contributed by atoms with Crippen LogP contribution < -0.4 is 5.84 Å². The highest BCUT2D eigenvalue weighted by Gasteiger charge is 2.23. The summed E-state index contributed by atoms with van der Waals surface area (Å²) in [5.74, 6) is 6.83. The molecule has 0 aliphatic carbocycles. The van der Waals surface area contributed by atoms with Crippen molar-refractivity contribution in [3.63, 3.8) is 0 Å². The number of hydrogen-bond donors (Lipinski definition) is 1. The third-order valence-corrected chi connectivity index (χ3v) is 4.29. The van der Waals surface area contributed by atoms with Crippen LogP contribution in [0.3, 0.4) is 0 Å². The Bertz CT molecular complexity index is 376. The van der Waals surface area contributed by atoms with Crippen LogP contribution in [0.1, 0.15) is 57.9 Å². The molecule has 0 aromatic carbocycles. The van der Waals surface area contributed by atoms with Crippen LogP contribution in [0.5, 0.6) is 0 Å². The van der Waals surface area contributed by atoms with Crippen molar-refractivity contribution < 1.29 is 4.74 Å². The number of rotatable bonds is 5. The minimum Gasteiger partial charge on any atom is -0.370 e. The van der Waals surface area contributed by atoms with Crippen LogP contribution in [-0.4, -0.2) is 26.7 Å². The summed E-state index contributed by atoms with van der Waals surface area (Å²) in [6.07, 6.45) is 5.64. The molecule has 0 spiro atoms. The van der Waals surface area contributed by atoms with E-state index in [1.807, 2.05) is 0 Å². The highest BCUT2D eigenvalue weighted by molar-refractivity contribution is 7.99. The van der Waals surface area contributed by atoms with Gasteiger partial charge in [0.1, 0.15) is 6.10 Å². The van der Waals surface area contributed by atoms with Crippen LogP contribution in [0.2, 0.25) is 0 Å². The molecule has 6 heteroatoms. The maximum Gasteiger partial charge on any atom is 0.210 e. The van der Waals surface area contributed by atoms with Crippen molar-refractivity contribution in [2.24, 2.45) is 0 Å². The number of ether oxygens (including phenoxy) is 1. The van der Waals surface area contributed by atoms with Gasteiger partial charge in [0.15, 0.2) is 5.82 Å². The number of hydrogen-bond acceptors (Lipinski definition) is 5. The van der Waals surface area contributed by atoms with Crippen molar-refractivity contribution in [3.8, 4) is 0 Å². The number of thioether (sulfide) groups is 1. The molecule has 102 valence electrons. The van der Waals surface area contributed by atoms with Crippen molar-refractivity contribution in [1.82, 2.24) is 14.9 Å². The summed E-state index contributed by atoms with van der Waals surface area (Å²) in [6, 6.07) is 0. The van der Waals surface area contributed by atoms with Crippen LogP contribution in [0.25, 0.3) is 0 Å². The summed E-state index contributed by atoms with van der Waals surface area (Å²) in [5.41, 5.74) is 0. The lowest BCUT2D eigenvalue weighted by molar-refractivity contribution is 0.00780. The van der Waals surface area contributed by atoms with Crippen molar-refractivity contribution in [2.45, 2.75) is 62.5 Å². The Kier molecular flexibility index (Phi) is 4.88. The van der Waals surface area contributed by atoms with Gasteiger partial charge in [-0.1, -0.05) is 32.0 Å². The molecular weight excluding hydrogens is 248 g/mol. The zero-order valence-corrected chi connectivity index (χ0v) is 11.9. The molecule has 5 nitrogen and oxygen atoms in total. The quantitative estimate of drug-likeness (QED) is 0.658. The van der Waals surface area contributed by atoms with Gasteiger partial charge in [0.05, 0.1) is 0 Å². The van der Waals surface area contributed by atoms with Crippen LogP contribution in [0.15, 0.2) is 5.16 Å². The molecule has 2 rings (SSSR count). The van der Waals surface area contributed by atoms with Crippen molar-refractivity contribution in [2.75, 3.05) is 12.4 Å². The fourth-order valence-corrected chi connectivity index (χ4v) is 3.19. The number of aromatic nitrogens is 3. The summed E-state index contributed by atoms with van der Waals surface area (Å²) < 4.78 is 7.30. The average molecular weight is 270 g/mol. The lowest BCUT2D eigenvalue weighted by Gasteiger charge is -2.21. The van der Waals surface area contributed by atoms with E-state index in [2.05, 4.69) is 24.0 Å². The lowest BCUT2D eigenvalue weighted by Crippen LogP contribution is -2.21. The molecule has 1 aromatic rings. The number of nitrogens with two attached hydrogens (primary N) is 1. The van der Waals surface area contributed by atoms with Crippen molar-refractivity contribution in [3.05, 3.63) is 5.82 Å². The van der Waals surface area contributed by atoms with E-state index in [-0.39, 0.29) is 6.10 Å². The maximum absolute atomic E-state index is 6.07. The standard InChI is InChI=1S/C12H22N4OS/c1-3-6-9(2)18-12-15-14-11(16(12)13)10-7-4-5-8-17-10/h9-10H,3-8,13H2,1-2H3/t9-,10+/m1/s1. The molecule has 0 saturated carbocycles. The fourth-order valence-electron chi connectivity index (χ4n) is 2.18. The highest BCUT2D eigenvalue weighted by Crippen LogP contribution is 2.29. The largest absolute Gasteiger partial charge is 0.370 e. The van der Waals surface area contributed by atoms with Crippen LogP contribution in [0, 0.1) is 0 Å². The first-order valence-electron chi connectivity index (χ1n) is 6.71. The molecule has 2 N–H and O–H groups in total. The molecule has 18 heavy (non-hydrogen) atoms. The first-order chi connectivity index (χ1) is 8.72. The molecule has 1 aliphatic rings. The van der Waals surface area contributed by atoms with Gasteiger partial charge in [0.2, 0.25) is 5.16 Å². The number of nitrogen functional groups attached to an aromatic ring is 1. The van der Waals surface area contributed by atoms with Gasteiger partial charge in [-0.2, -0.15) is 0 Å². The van der Waals surface area contributed by atoms with Gasteiger partial charge in [-0.3, -0.25) is 0 Å². The molecule has 1 saturated heterocycles. The van der Waals surface area contributed by atoms with E-state index in [4.69, 9.17) is 10.6 Å². The zero-order chi connectivity index (χ0) is 13.0. The molecule has 2 atom stereocenters. The van der Waals surface area contributed by atoms with Crippen molar-refractivity contribution >= 4 is 11.8 Å². The van der Waals surface area contributed by atoms with E-state index in [1.165, 1.54) is 12.8 Å². The van der Waals surface area contributed by atoms with Gasteiger partial charge < -0.3 is 10.6 Å². The van der Waals surface area contributed by atoms with Gasteiger partial charge in [-0.25, -0.2) is 4.68 Å². The van der Waals surface area contributed by atoms with E-state index in [0.717, 1.165) is 36.9 Å². The minimum atomic E-state index is 0.0204. The molecule has 0 bridgehead atoms. The predicted octanol–water partition coefficient (Wildman–Crippen LogP) is 2.51. The molecular formula is C12H22N4OS. The fraction of sp³-hybridized carbons (Fsp3) is 0.833. The SMILES string of the molecule is CCC[C@@H](C)Sc1nnc([C@@H]2CCCCO2)n1N. The molecule has 1 aromatic heterocycles. The van der Waals surface area contributed by atoms with Gasteiger partial charge in [0, 0.05) is 11.9 Å². The third-order valence-electron chi connectivity index (χ3n) is 3.16. The molecule has 2 heterocycles. The van der Waals surface area contributed by atoms with Crippen LogP contribution in [-0.2, 0) is 4.74 Å². The van der Waals surface area contributed by atoms with E-state index in [1.54, 1.807) is 16.4 Å². The Morgan fingerprint density at radius 1 is 1.50 bits per heavy atom. The lowest BCUT2D eigenvalue weighted by atomic mass is 10.1. The Balaban J connectivity index is 2.03. The Morgan fingerprint density at radius 3 is 3.00 bits per heavy atom. The van der Waals surface area contributed by atoms with Crippen LogP contribution in [0.4, 0.5) is 0 Å². The van der Waals surface area contributed by atoms with E-state index < -0.39 is 0 Å². The second-order valence-electron chi connectivity index (χ2n) is 4.78. The van der Waals surface area contributed by atoms with Gasteiger partial charge >= 0.3 is 0 Å². The highest BCUT2D eigenvalue weighted by atomic mass is 32.2.